The lowest BCUT2D eigenvalue weighted by Gasteiger charge is -2.14. The lowest BCUT2D eigenvalue weighted by molar-refractivity contribution is 0.0340. The van der Waals surface area contributed by atoms with Crippen LogP contribution in [0, 0.1) is 0 Å². The molecule has 2 heterocycles. The van der Waals surface area contributed by atoms with Crippen LogP contribution in [-0.4, -0.2) is 27.4 Å². The molecule has 0 saturated carbocycles. The molecule has 1 aliphatic heterocycles. The summed E-state index contributed by atoms with van der Waals surface area (Å²) in [5.41, 5.74) is 7.80. The quantitative estimate of drug-likeness (QED) is 0.684. The number of esters is 1. The molecule has 4 rings (SSSR count). The van der Waals surface area contributed by atoms with Crippen molar-refractivity contribution in [2.24, 2.45) is 0 Å². The van der Waals surface area contributed by atoms with Gasteiger partial charge in [0.15, 0.2) is 0 Å². The Hall–Kier alpha value is -3.06. The Labute approximate surface area is 166 Å². The molecule has 0 aliphatic carbocycles. The van der Waals surface area contributed by atoms with E-state index >= 15 is 0 Å². The number of thioether (sulfide) groups is 1. The molecule has 3 aromatic rings. The van der Waals surface area contributed by atoms with Gasteiger partial charge in [-0.3, -0.25) is 4.57 Å². The summed E-state index contributed by atoms with van der Waals surface area (Å²) in [6.07, 6.45) is 1.94. The summed E-state index contributed by atoms with van der Waals surface area (Å²) >= 11 is 1.57. The lowest BCUT2D eigenvalue weighted by Crippen LogP contribution is -2.26. The van der Waals surface area contributed by atoms with Crippen molar-refractivity contribution >= 4 is 23.5 Å². The van der Waals surface area contributed by atoms with Gasteiger partial charge in [-0.2, -0.15) is 4.98 Å². The molecule has 142 valence electrons. The first-order chi connectivity index (χ1) is 13.6. The molecule has 2 unspecified atom stereocenters. The van der Waals surface area contributed by atoms with E-state index in [1.165, 1.54) is 4.57 Å². The summed E-state index contributed by atoms with van der Waals surface area (Å²) in [6, 6.07) is 19.0. The van der Waals surface area contributed by atoms with Crippen LogP contribution < -0.4 is 11.4 Å². The lowest BCUT2D eigenvalue weighted by atomic mass is 10.0. The van der Waals surface area contributed by atoms with Crippen LogP contribution in [0.4, 0.5) is 5.82 Å². The standard InChI is InChI=1S/C21H19N3O3S/c22-18-10-11-24(21(26)23-18)19-12-17(13-28-19)27-20(25)16-8-6-15(7-9-16)14-4-2-1-3-5-14/h1-11,17,19H,12-13H2,(H2,22,23,26). The maximum absolute atomic E-state index is 12.5. The zero-order valence-electron chi connectivity index (χ0n) is 15.0. The van der Waals surface area contributed by atoms with Crippen LogP contribution in [0.5, 0.6) is 0 Å². The first kappa shape index (κ1) is 18.3. The number of carbonyl (C=O) groups excluding carboxylic acids is 1. The second kappa shape index (κ2) is 7.90. The van der Waals surface area contributed by atoms with Crippen molar-refractivity contribution in [1.82, 2.24) is 9.55 Å². The normalized spacial score (nSPS) is 18.7. The highest BCUT2D eigenvalue weighted by Gasteiger charge is 2.30. The van der Waals surface area contributed by atoms with E-state index < -0.39 is 0 Å². The fraction of sp³-hybridized carbons (Fsp3) is 0.190. The van der Waals surface area contributed by atoms with Crippen LogP contribution in [0.25, 0.3) is 11.1 Å². The number of nitrogens with zero attached hydrogens (tertiary/aromatic N) is 2. The Kier molecular flexibility index (Phi) is 5.16. The van der Waals surface area contributed by atoms with Crippen LogP contribution in [0.3, 0.4) is 0 Å². The number of carbonyl (C=O) groups is 1. The first-order valence-corrected chi connectivity index (χ1v) is 9.98. The van der Waals surface area contributed by atoms with Crippen molar-refractivity contribution < 1.29 is 9.53 Å². The molecule has 28 heavy (non-hydrogen) atoms. The largest absolute Gasteiger partial charge is 0.458 e. The van der Waals surface area contributed by atoms with Crippen molar-refractivity contribution in [3.8, 4) is 11.1 Å². The van der Waals surface area contributed by atoms with Crippen LogP contribution in [0.1, 0.15) is 22.2 Å². The molecule has 0 radical (unpaired) electrons. The highest BCUT2D eigenvalue weighted by Crippen LogP contribution is 2.36. The molecule has 2 aromatic carbocycles. The van der Waals surface area contributed by atoms with Gasteiger partial charge in [0.1, 0.15) is 11.9 Å². The van der Waals surface area contributed by atoms with Crippen molar-refractivity contribution in [3.63, 3.8) is 0 Å². The van der Waals surface area contributed by atoms with Crippen molar-refractivity contribution in [3.05, 3.63) is 82.9 Å². The topological polar surface area (TPSA) is 87.2 Å². The van der Waals surface area contributed by atoms with Gasteiger partial charge in [0.2, 0.25) is 0 Å². The molecule has 1 saturated heterocycles. The third-order valence-corrected chi connectivity index (χ3v) is 5.97. The first-order valence-electron chi connectivity index (χ1n) is 8.93. The minimum Gasteiger partial charge on any atom is -0.458 e. The average Bonchev–Trinajstić information content (AvgIpc) is 3.17. The number of anilines is 1. The monoisotopic (exact) mass is 393 g/mol. The van der Waals surface area contributed by atoms with E-state index in [9.17, 15) is 9.59 Å². The third kappa shape index (κ3) is 3.94. The minimum absolute atomic E-state index is 0.112. The van der Waals surface area contributed by atoms with Gasteiger partial charge in [0.25, 0.3) is 0 Å². The van der Waals surface area contributed by atoms with Crippen molar-refractivity contribution in [2.45, 2.75) is 17.9 Å². The van der Waals surface area contributed by atoms with Gasteiger partial charge >= 0.3 is 11.7 Å². The van der Waals surface area contributed by atoms with Gasteiger partial charge in [0.05, 0.1) is 10.9 Å². The molecule has 0 bridgehead atoms. The fourth-order valence-corrected chi connectivity index (χ4v) is 4.46. The predicted molar refractivity (Wildman–Crippen MR) is 110 cm³/mol. The van der Waals surface area contributed by atoms with Gasteiger partial charge in [0, 0.05) is 18.4 Å². The highest BCUT2D eigenvalue weighted by molar-refractivity contribution is 7.99. The molecule has 2 N–H and O–H groups in total. The molecule has 2 atom stereocenters. The SMILES string of the molecule is Nc1ccn(C2CC(OC(=O)c3ccc(-c4ccccc4)cc3)CS2)c(=O)n1. The van der Waals surface area contributed by atoms with Crippen LogP contribution >= 0.6 is 11.8 Å². The summed E-state index contributed by atoms with van der Waals surface area (Å²) in [6.45, 7) is 0. The van der Waals surface area contributed by atoms with E-state index in [0.29, 0.717) is 17.7 Å². The average molecular weight is 393 g/mol. The fourth-order valence-electron chi connectivity index (χ4n) is 3.15. The Morgan fingerprint density at radius 2 is 1.79 bits per heavy atom. The van der Waals surface area contributed by atoms with E-state index in [0.717, 1.165) is 11.1 Å². The highest BCUT2D eigenvalue weighted by atomic mass is 32.2. The van der Waals surface area contributed by atoms with E-state index in [-0.39, 0.29) is 29.0 Å². The maximum Gasteiger partial charge on any atom is 0.350 e. The Balaban J connectivity index is 1.40. The van der Waals surface area contributed by atoms with Gasteiger partial charge in [-0.05, 0) is 29.3 Å². The van der Waals surface area contributed by atoms with Gasteiger partial charge < -0.3 is 10.5 Å². The number of aromatic nitrogens is 2. The van der Waals surface area contributed by atoms with E-state index in [2.05, 4.69) is 4.98 Å². The van der Waals surface area contributed by atoms with Crippen molar-refractivity contribution in [2.75, 3.05) is 11.5 Å². The maximum atomic E-state index is 12.5. The molecule has 7 heteroatoms. The molecule has 0 amide bonds. The number of ether oxygens (including phenoxy) is 1. The summed E-state index contributed by atoms with van der Waals surface area (Å²) in [7, 11) is 0. The van der Waals surface area contributed by atoms with Crippen molar-refractivity contribution in [1.29, 1.82) is 0 Å². The zero-order valence-corrected chi connectivity index (χ0v) is 15.8. The number of nitrogen functional groups attached to an aromatic ring is 1. The van der Waals surface area contributed by atoms with Crippen LogP contribution in [-0.2, 0) is 4.74 Å². The molecule has 6 nitrogen and oxygen atoms in total. The Morgan fingerprint density at radius 3 is 2.50 bits per heavy atom. The van der Waals surface area contributed by atoms with Gasteiger partial charge in [-0.25, -0.2) is 9.59 Å². The molecule has 1 fully saturated rings. The summed E-state index contributed by atoms with van der Waals surface area (Å²) in [5, 5.41) is -0.112. The summed E-state index contributed by atoms with van der Waals surface area (Å²) in [4.78, 5) is 28.2. The summed E-state index contributed by atoms with van der Waals surface area (Å²) < 4.78 is 7.17. The molecule has 0 spiro atoms. The van der Waals surface area contributed by atoms with Gasteiger partial charge in [-0.15, -0.1) is 11.8 Å². The molecule has 1 aromatic heterocycles. The second-order valence-corrected chi connectivity index (χ2v) is 7.75. The zero-order chi connectivity index (χ0) is 19.5. The number of nitrogens with two attached hydrogens (primary N) is 1. The van der Waals surface area contributed by atoms with E-state index in [1.807, 2.05) is 42.5 Å². The molecular formula is C21H19N3O3S. The Morgan fingerprint density at radius 1 is 1.07 bits per heavy atom. The van der Waals surface area contributed by atoms with E-state index in [4.69, 9.17) is 10.5 Å². The molecular weight excluding hydrogens is 374 g/mol. The number of hydrogen-bond acceptors (Lipinski definition) is 6. The number of rotatable bonds is 4. The summed E-state index contributed by atoms with van der Waals surface area (Å²) in [5.74, 6) is 0.481. The molecule has 1 aliphatic rings. The Bertz CT molecular complexity index is 1030. The number of benzene rings is 2. The van der Waals surface area contributed by atoms with Crippen LogP contribution in [0.15, 0.2) is 71.7 Å². The predicted octanol–water partition coefficient (Wildman–Crippen LogP) is 3.35. The van der Waals surface area contributed by atoms with Gasteiger partial charge in [-0.1, -0.05) is 42.5 Å². The minimum atomic E-state index is -0.388. The number of hydrogen-bond donors (Lipinski definition) is 1. The van der Waals surface area contributed by atoms with Crippen LogP contribution in [0.2, 0.25) is 0 Å². The third-order valence-electron chi connectivity index (χ3n) is 4.60. The van der Waals surface area contributed by atoms with E-state index in [1.54, 1.807) is 36.2 Å². The smallest absolute Gasteiger partial charge is 0.350 e. The second-order valence-electron chi connectivity index (χ2n) is 6.54.